The van der Waals surface area contributed by atoms with Crippen LogP contribution in [0.3, 0.4) is 0 Å². The van der Waals surface area contributed by atoms with Gasteiger partial charge in [0, 0.05) is 39.4 Å². The minimum atomic E-state index is 0. The molecule has 2 N–H and O–H groups in total. The number of likely N-dealkylation sites (N-methyl/N-ethyl adjacent to an activating group) is 1. The highest BCUT2D eigenvalue weighted by Gasteiger charge is 2.18. The van der Waals surface area contributed by atoms with Crippen LogP contribution >= 0.6 is 24.0 Å². The molecule has 1 aromatic carbocycles. The molecule has 0 unspecified atom stereocenters. The molecule has 0 atom stereocenters. The zero-order chi connectivity index (χ0) is 22.1. The molecule has 0 saturated carbocycles. The molecule has 1 aromatic heterocycles. The molecule has 0 bridgehead atoms. The molecular formula is C23H36IN5O3. The molecule has 0 radical (unpaired) electrons. The lowest BCUT2D eigenvalue weighted by molar-refractivity contribution is 0.0392. The van der Waals surface area contributed by atoms with Gasteiger partial charge in [-0.15, -0.1) is 24.0 Å². The SMILES string of the molecule is CN=C(NCc1cccc(OCCN(C)C2CCOCC2)c1)NCc1nc(C)c(C)o1.I. The van der Waals surface area contributed by atoms with Crippen molar-refractivity contribution in [3.8, 4) is 5.75 Å². The van der Waals surface area contributed by atoms with Gasteiger partial charge in [-0.1, -0.05) is 12.1 Å². The molecule has 2 heterocycles. The van der Waals surface area contributed by atoms with Gasteiger partial charge >= 0.3 is 0 Å². The summed E-state index contributed by atoms with van der Waals surface area (Å²) in [7, 11) is 3.91. The Kier molecular flexibility index (Phi) is 11.3. The van der Waals surface area contributed by atoms with E-state index in [1.807, 2.05) is 26.0 Å². The number of rotatable bonds is 9. The summed E-state index contributed by atoms with van der Waals surface area (Å²) in [6.07, 6.45) is 2.20. The summed E-state index contributed by atoms with van der Waals surface area (Å²) in [4.78, 5) is 11.0. The van der Waals surface area contributed by atoms with E-state index in [9.17, 15) is 0 Å². The van der Waals surface area contributed by atoms with E-state index in [0.717, 1.165) is 55.4 Å². The topological polar surface area (TPSA) is 84.2 Å². The summed E-state index contributed by atoms with van der Waals surface area (Å²) in [6, 6.07) is 8.75. The molecule has 1 fully saturated rings. The highest BCUT2D eigenvalue weighted by molar-refractivity contribution is 14.0. The molecular weight excluding hydrogens is 521 g/mol. The molecule has 3 rings (SSSR count). The number of oxazole rings is 1. The summed E-state index contributed by atoms with van der Waals surface area (Å²) >= 11 is 0. The molecule has 9 heteroatoms. The fourth-order valence-corrected chi connectivity index (χ4v) is 3.54. The minimum Gasteiger partial charge on any atom is -0.492 e. The summed E-state index contributed by atoms with van der Waals surface area (Å²) < 4.78 is 17.0. The molecule has 2 aromatic rings. The van der Waals surface area contributed by atoms with Crippen LogP contribution in [0.25, 0.3) is 0 Å². The summed E-state index contributed by atoms with van der Waals surface area (Å²) in [5.41, 5.74) is 2.04. The lowest BCUT2D eigenvalue weighted by Gasteiger charge is -2.31. The van der Waals surface area contributed by atoms with Crippen molar-refractivity contribution in [3.05, 3.63) is 47.2 Å². The average Bonchev–Trinajstić information content (AvgIpc) is 3.12. The average molecular weight is 557 g/mol. The van der Waals surface area contributed by atoms with Gasteiger partial charge in [0.1, 0.15) is 18.1 Å². The first-order valence-electron chi connectivity index (χ1n) is 10.9. The lowest BCUT2D eigenvalue weighted by Crippen LogP contribution is -2.38. The molecule has 32 heavy (non-hydrogen) atoms. The van der Waals surface area contributed by atoms with Crippen LogP contribution in [0.15, 0.2) is 33.7 Å². The van der Waals surface area contributed by atoms with Crippen LogP contribution in [0.2, 0.25) is 0 Å². The maximum atomic E-state index is 5.99. The number of benzene rings is 1. The van der Waals surface area contributed by atoms with E-state index >= 15 is 0 Å². The Labute approximate surface area is 208 Å². The molecule has 0 amide bonds. The minimum absolute atomic E-state index is 0. The number of hydrogen-bond acceptors (Lipinski definition) is 6. The fraction of sp³-hybridized carbons (Fsp3) is 0.565. The molecule has 178 valence electrons. The number of hydrogen-bond donors (Lipinski definition) is 2. The number of aliphatic imine (C=N–C) groups is 1. The van der Waals surface area contributed by atoms with Crippen LogP contribution in [0.4, 0.5) is 0 Å². The Bertz CT molecular complexity index is 832. The van der Waals surface area contributed by atoms with Gasteiger partial charge < -0.3 is 24.5 Å². The van der Waals surface area contributed by atoms with Crippen molar-refractivity contribution >= 4 is 29.9 Å². The van der Waals surface area contributed by atoms with Crippen molar-refractivity contribution in [2.24, 2.45) is 4.99 Å². The third-order valence-electron chi connectivity index (χ3n) is 5.59. The molecule has 8 nitrogen and oxygen atoms in total. The quantitative estimate of drug-likeness (QED) is 0.278. The van der Waals surface area contributed by atoms with Crippen molar-refractivity contribution in [1.29, 1.82) is 0 Å². The van der Waals surface area contributed by atoms with Crippen molar-refractivity contribution in [2.75, 3.05) is 40.5 Å². The second kappa shape index (κ2) is 13.6. The lowest BCUT2D eigenvalue weighted by atomic mass is 10.1. The highest BCUT2D eigenvalue weighted by Crippen LogP contribution is 2.15. The predicted octanol–water partition coefficient (Wildman–Crippen LogP) is 3.26. The Hall–Kier alpha value is -1.85. The summed E-state index contributed by atoms with van der Waals surface area (Å²) in [5, 5.41) is 6.54. The van der Waals surface area contributed by atoms with Gasteiger partial charge in [-0.05, 0) is 51.4 Å². The van der Waals surface area contributed by atoms with Crippen molar-refractivity contribution in [3.63, 3.8) is 0 Å². The van der Waals surface area contributed by atoms with Crippen molar-refractivity contribution in [1.82, 2.24) is 20.5 Å². The Morgan fingerprint density at radius 3 is 2.66 bits per heavy atom. The van der Waals surface area contributed by atoms with E-state index in [1.54, 1.807) is 7.05 Å². The summed E-state index contributed by atoms with van der Waals surface area (Å²) in [6.45, 7) is 8.28. The molecule has 0 aliphatic carbocycles. The number of halogens is 1. The smallest absolute Gasteiger partial charge is 0.214 e. The van der Waals surface area contributed by atoms with Crippen LogP contribution in [0.1, 0.15) is 35.7 Å². The van der Waals surface area contributed by atoms with Crippen molar-refractivity contribution in [2.45, 2.75) is 45.8 Å². The normalized spacial score (nSPS) is 14.8. The monoisotopic (exact) mass is 557 g/mol. The first-order chi connectivity index (χ1) is 15.0. The van der Waals surface area contributed by atoms with E-state index in [0.29, 0.717) is 37.6 Å². The second-order valence-electron chi connectivity index (χ2n) is 7.85. The van der Waals surface area contributed by atoms with Crippen LogP contribution in [0.5, 0.6) is 5.75 Å². The Balaban J connectivity index is 0.00000363. The number of aryl methyl sites for hydroxylation is 2. The van der Waals surface area contributed by atoms with E-state index in [-0.39, 0.29) is 24.0 Å². The van der Waals surface area contributed by atoms with Gasteiger partial charge in [-0.2, -0.15) is 0 Å². The zero-order valence-electron chi connectivity index (χ0n) is 19.5. The van der Waals surface area contributed by atoms with Gasteiger partial charge in [-0.25, -0.2) is 4.98 Å². The first-order valence-corrected chi connectivity index (χ1v) is 10.9. The van der Waals surface area contributed by atoms with Gasteiger partial charge in [-0.3, -0.25) is 9.89 Å². The van der Waals surface area contributed by atoms with Crippen LogP contribution in [0, 0.1) is 13.8 Å². The fourth-order valence-electron chi connectivity index (χ4n) is 3.54. The first kappa shape index (κ1) is 26.4. The third kappa shape index (κ3) is 8.25. The number of nitrogens with zero attached hydrogens (tertiary/aromatic N) is 3. The Morgan fingerprint density at radius 2 is 1.97 bits per heavy atom. The van der Waals surface area contributed by atoms with Gasteiger partial charge in [0.25, 0.3) is 0 Å². The van der Waals surface area contributed by atoms with E-state index < -0.39 is 0 Å². The number of guanidine groups is 1. The number of nitrogens with one attached hydrogen (secondary N) is 2. The molecule has 1 aliphatic rings. The van der Waals surface area contributed by atoms with Crippen LogP contribution < -0.4 is 15.4 Å². The molecule has 1 saturated heterocycles. The van der Waals surface area contributed by atoms with Gasteiger partial charge in [0.2, 0.25) is 5.89 Å². The molecule has 1 aliphatic heterocycles. The third-order valence-corrected chi connectivity index (χ3v) is 5.59. The highest BCUT2D eigenvalue weighted by atomic mass is 127. The number of aromatic nitrogens is 1. The Morgan fingerprint density at radius 1 is 1.22 bits per heavy atom. The van der Waals surface area contributed by atoms with Crippen LogP contribution in [-0.4, -0.2) is 62.3 Å². The standard InChI is InChI=1S/C23H35N5O3.HI/c1-17-18(2)31-22(27-17)16-26-23(24-3)25-15-19-6-5-7-21(14-19)30-13-10-28(4)20-8-11-29-12-9-20;/h5-7,14,20H,8-13,15-16H2,1-4H3,(H2,24,25,26);1H. The predicted molar refractivity (Wildman–Crippen MR) is 137 cm³/mol. The largest absolute Gasteiger partial charge is 0.492 e. The van der Waals surface area contributed by atoms with Crippen molar-refractivity contribution < 1.29 is 13.9 Å². The van der Waals surface area contributed by atoms with E-state index in [1.165, 1.54) is 0 Å². The summed E-state index contributed by atoms with van der Waals surface area (Å²) in [5.74, 6) is 3.07. The number of ether oxygens (including phenoxy) is 2. The maximum Gasteiger partial charge on any atom is 0.214 e. The second-order valence-corrected chi connectivity index (χ2v) is 7.85. The zero-order valence-corrected chi connectivity index (χ0v) is 21.8. The maximum absolute atomic E-state index is 5.99. The van der Waals surface area contributed by atoms with E-state index in [2.05, 4.69) is 44.7 Å². The molecule has 0 spiro atoms. The van der Waals surface area contributed by atoms with E-state index in [4.69, 9.17) is 13.9 Å². The van der Waals surface area contributed by atoms with Gasteiger partial charge in [0.15, 0.2) is 5.96 Å². The van der Waals surface area contributed by atoms with Gasteiger partial charge in [0.05, 0.1) is 12.2 Å². The van der Waals surface area contributed by atoms with Crippen LogP contribution in [-0.2, 0) is 17.8 Å².